The number of aromatic nitrogens is 4. The molecular weight excluding hydrogens is 388 g/mol. The highest BCUT2D eigenvalue weighted by Crippen LogP contribution is 2.20. The third kappa shape index (κ3) is 4.04. The fourth-order valence-corrected chi connectivity index (χ4v) is 3.12. The summed E-state index contributed by atoms with van der Waals surface area (Å²) in [5.41, 5.74) is 2.17. The number of Topliss-reactive ketones (excluding diaryl/α,β-unsaturated/α-hetero) is 3. The number of carbonyl (C=O) groups excluding carboxylic acids is 3. The van der Waals surface area contributed by atoms with Crippen molar-refractivity contribution in [3.8, 4) is 11.5 Å². The van der Waals surface area contributed by atoms with Crippen LogP contribution in [-0.4, -0.2) is 47.5 Å². The zero-order valence-electron chi connectivity index (χ0n) is 15.8. The first-order chi connectivity index (χ1) is 14.4. The Kier molecular flexibility index (Phi) is 5.01. The predicted octanol–water partition coefficient (Wildman–Crippen LogP) is 3.05. The number of nitrogens with zero attached hydrogens (tertiary/aromatic N) is 2. The average molecular weight is 406 g/mol. The van der Waals surface area contributed by atoms with Crippen LogP contribution in [0, 0.1) is 0 Å². The molecule has 0 unspecified atom stereocenters. The molecule has 0 aliphatic rings. The lowest BCUT2D eigenvalue weighted by molar-refractivity contribution is -0.119. The van der Waals surface area contributed by atoms with Crippen LogP contribution in [0.1, 0.15) is 46.9 Å². The second kappa shape index (κ2) is 7.78. The van der Waals surface area contributed by atoms with Crippen molar-refractivity contribution in [2.45, 2.75) is 25.7 Å². The highest BCUT2D eigenvalue weighted by Gasteiger charge is 2.17. The van der Waals surface area contributed by atoms with Crippen LogP contribution in [0.4, 0.5) is 0 Å². The minimum absolute atomic E-state index is 0.00239. The Bertz CT molecular complexity index is 1190. The largest absolute Gasteiger partial charge is 0.508 e. The van der Waals surface area contributed by atoms with Gasteiger partial charge in [-0.1, -0.05) is 0 Å². The zero-order chi connectivity index (χ0) is 21.3. The van der Waals surface area contributed by atoms with Gasteiger partial charge in [0, 0.05) is 37.8 Å². The minimum atomic E-state index is -0.317. The molecule has 30 heavy (non-hydrogen) atoms. The Morgan fingerprint density at radius 3 is 1.57 bits per heavy atom. The number of fused-ring (bicyclic) bond motifs is 2. The topological polar surface area (TPSA) is 149 Å². The molecule has 2 aromatic carbocycles. The summed E-state index contributed by atoms with van der Waals surface area (Å²) in [5, 5.41) is 18.9. The fourth-order valence-electron chi connectivity index (χ4n) is 3.12. The summed E-state index contributed by atoms with van der Waals surface area (Å²) < 4.78 is 0. The van der Waals surface area contributed by atoms with E-state index in [2.05, 4.69) is 19.9 Å². The van der Waals surface area contributed by atoms with Crippen molar-refractivity contribution in [2.75, 3.05) is 0 Å². The van der Waals surface area contributed by atoms with Gasteiger partial charge >= 0.3 is 0 Å². The van der Waals surface area contributed by atoms with E-state index in [1.807, 2.05) is 0 Å². The first-order valence-electron chi connectivity index (χ1n) is 9.34. The van der Waals surface area contributed by atoms with Gasteiger partial charge < -0.3 is 20.2 Å². The van der Waals surface area contributed by atoms with Crippen LogP contribution < -0.4 is 0 Å². The number of phenols is 2. The number of aromatic hydroxyl groups is 2. The van der Waals surface area contributed by atoms with Crippen molar-refractivity contribution in [3.63, 3.8) is 0 Å². The summed E-state index contributed by atoms with van der Waals surface area (Å²) in [6.07, 6.45) is -0.0453. The summed E-state index contributed by atoms with van der Waals surface area (Å²) in [4.78, 5) is 50.7. The number of benzene rings is 2. The van der Waals surface area contributed by atoms with E-state index in [1.165, 1.54) is 24.3 Å². The van der Waals surface area contributed by atoms with E-state index >= 15 is 0 Å². The van der Waals surface area contributed by atoms with Crippen LogP contribution in [0.25, 0.3) is 22.1 Å². The lowest BCUT2D eigenvalue weighted by atomic mass is 10.1. The molecule has 0 saturated heterocycles. The highest BCUT2D eigenvalue weighted by molar-refractivity contribution is 6.00. The molecule has 0 saturated carbocycles. The molecule has 0 aliphatic carbocycles. The fraction of sp³-hybridized carbons (Fsp3) is 0.190. The van der Waals surface area contributed by atoms with E-state index in [9.17, 15) is 24.6 Å². The molecule has 0 spiro atoms. The van der Waals surface area contributed by atoms with Crippen molar-refractivity contribution < 1.29 is 24.6 Å². The van der Waals surface area contributed by atoms with Crippen LogP contribution in [0.2, 0.25) is 0 Å². The lowest BCUT2D eigenvalue weighted by Gasteiger charge is -1.99. The molecule has 9 heteroatoms. The quantitative estimate of drug-likeness (QED) is 0.329. The molecule has 2 heterocycles. The second-order valence-electron chi connectivity index (χ2n) is 6.96. The summed E-state index contributed by atoms with van der Waals surface area (Å²) in [6, 6.07) is 9.09. The predicted molar refractivity (Wildman–Crippen MR) is 108 cm³/mol. The molecule has 2 aromatic heterocycles. The first kappa shape index (κ1) is 19.3. The van der Waals surface area contributed by atoms with Crippen LogP contribution in [0.15, 0.2) is 36.4 Å². The molecule has 0 atom stereocenters. The van der Waals surface area contributed by atoms with E-state index in [-0.39, 0.29) is 66.2 Å². The van der Waals surface area contributed by atoms with Gasteiger partial charge in [-0.25, -0.2) is 9.97 Å². The van der Waals surface area contributed by atoms with Crippen molar-refractivity contribution in [2.24, 2.45) is 0 Å². The van der Waals surface area contributed by atoms with E-state index in [1.54, 1.807) is 12.1 Å². The number of hydrogen-bond donors (Lipinski definition) is 4. The molecule has 0 aliphatic heterocycles. The number of aromatic amines is 2. The number of nitrogens with one attached hydrogen (secondary N) is 2. The number of H-pyrrole nitrogens is 2. The highest BCUT2D eigenvalue weighted by atomic mass is 16.3. The van der Waals surface area contributed by atoms with E-state index in [0.29, 0.717) is 22.1 Å². The molecule has 4 aromatic rings. The second-order valence-corrected chi connectivity index (χ2v) is 6.96. The van der Waals surface area contributed by atoms with Gasteiger partial charge in [-0.05, 0) is 24.3 Å². The Balaban J connectivity index is 1.30. The Hall–Kier alpha value is -4.01. The van der Waals surface area contributed by atoms with Crippen molar-refractivity contribution in [1.82, 2.24) is 19.9 Å². The molecule has 0 bridgehead atoms. The van der Waals surface area contributed by atoms with Crippen molar-refractivity contribution in [1.29, 1.82) is 0 Å². The third-order valence-electron chi connectivity index (χ3n) is 4.72. The Labute approximate surface area is 169 Å². The molecule has 4 rings (SSSR count). The molecule has 4 N–H and O–H groups in total. The number of rotatable bonds is 8. The van der Waals surface area contributed by atoms with Crippen molar-refractivity contribution >= 4 is 39.4 Å². The van der Waals surface area contributed by atoms with Gasteiger partial charge in [0.15, 0.2) is 23.2 Å². The average Bonchev–Trinajstić information content (AvgIpc) is 3.33. The van der Waals surface area contributed by atoms with Crippen LogP contribution >= 0.6 is 0 Å². The number of ketones is 3. The van der Waals surface area contributed by atoms with Crippen LogP contribution in [-0.2, 0) is 4.79 Å². The summed E-state index contributed by atoms with van der Waals surface area (Å²) in [5.74, 6) is -0.484. The minimum Gasteiger partial charge on any atom is -0.508 e. The first-order valence-corrected chi connectivity index (χ1v) is 9.34. The maximum Gasteiger partial charge on any atom is 0.198 e. The standard InChI is InChI=1S/C21H18N4O5/c26-11(3-7-18(29)20-22-14-5-1-12(27)9-16(14)24-20)4-8-19(30)21-23-15-6-2-13(28)10-17(15)25-21/h1-2,5-6,9-10,27-28H,3-4,7-8H2,(H,22,24)(H,23,25). The lowest BCUT2D eigenvalue weighted by Crippen LogP contribution is -2.09. The molecule has 9 nitrogen and oxygen atoms in total. The monoisotopic (exact) mass is 406 g/mol. The van der Waals surface area contributed by atoms with Gasteiger partial charge in [0.2, 0.25) is 0 Å². The molecular formula is C21H18N4O5. The molecule has 0 fully saturated rings. The van der Waals surface area contributed by atoms with E-state index < -0.39 is 0 Å². The molecule has 152 valence electrons. The number of phenolic OH excluding ortho intramolecular Hbond substituents is 2. The number of carbonyl (C=O) groups is 3. The normalized spacial score (nSPS) is 11.2. The third-order valence-corrected chi connectivity index (χ3v) is 4.72. The number of imidazole rings is 2. The van der Waals surface area contributed by atoms with Gasteiger partial charge in [-0.15, -0.1) is 0 Å². The van der Waals surface area contributed by atoms with Crippen molar-refractivity contribution in [3.05, 3.63) is 48.0 Å². The van der Waals surface area contributed by atoms with Gasteiger partial charge in [0.05, 0.1) is 22.1 Å². The smallest absolute Gasteiger partial charge is 0.198 e. The maximum absolute atomic E-state index is 12.3. The van der Waals surface area contributed by atoms with Gasteiger partial charge in [0.1, 0.15) is 17.3 Å². The summed E-state index contributed by atoms with van der Waals surface area (Å²) in [6.45, 7) is 0. The van der Waals surface area contributed by atoms with E-state index in [0.717, 1.165) is 0 Å². The number of hydrogen-bond acceptors (Lipinski definition) is 7. The molecule has 0 amide bonds. The summed E-state index contributed by atoms with van der Waals surface area (Å²) in [7, 11) is 0. The zero-order valence-corrected chi connectivity index (χ0v) is 15.8. The van der Waals surface area contributed by atoms with Gasteiger partial charge in [-0.2, -0.15) is 0 Å². The van der Waals surface area contributed by atoms with E-state index in [4.69, 9.17) is 0 Å². The van der Waals surface area contributed by atoms with Gasteiger partial charge in [0.25, 0.3) is 0 Å². The SMILES string of the molecule is O=C(CCC(=O)c1nc2cc(O)ccc2[nH]1)CCC(=O)c1nc2cc(O)ccc2[nH]1. The van der Waals surface area contributed by atoms with Crippen LogP contribution in [0.5, 0.6) is 11.5 Å². The molecule has 0 radical (unpaired) electrons. The Morgan fingerprint density at radius 2 is 1.13 bits per heavy atom. The maximum atomic E-state index is 12.3. The van der Waals surface area contributed by atoms with Crippen LogP contribution in [0.3, 0.4) is 0 Å². The Morgan fingerprint density at radius 1 is 0.700 bits per heavy atom. The van der Waals surface area contributed by atoms with Gasteiger partial charge in [-0.3, -0.25) is 14.4 Å². The summed E-state index contributed by atoms with van der Waals surface area (Å²) >= 11 is 0.